The molecule has 0 aromatic carbocycles. The van der Waals surface area contributed by atoms with Gasteiger partial charge in [0.05, 0.1) is 5.92 Å². The van der Waals surface area contributed by atoms with Crippen molar-refractivity contribution >= 4 is 5.97 Å². The van der Waals surface area contributed by atoms with E-state index in [1.54, 1.807) is 0 Å². The second-order valence-corrected chi connectivity index (χ2v) is 7.73. The Labute approximate surface area is 150 Å². The fraction of sp³-hybridized carbons (Fsp3) is 0.864. The molecule has 1 unspecified atom stereocenters. The maximum atomic E-state index is 11.2. The lowest BCUT2D eigenvalue weighted by molar-refractivity contribution is -0.142. The molecule has 2 nitrogen and oxygen atoms in total. The summed E-state index contributed by atoms with van der Waals surface area (Å²) in [6.07, 6.45) is 24.5. The summed E-state index contributed by atoms with van der Waals surface area (Å²) in [6.45, 7) is 2.27. The van der Waals surface area contributed by atoms with E-state index in [2.05, 4.69) is 19.1 Å². The Bertz CT molecular complexity index is 331. The number of hydrogen-bond donors (Lipinski definition) is 1. The topological polar surface area (TPSA) is 37.3 Å². The van der Waals surface area contributed by atoms with E-state index in [1.807, 2.05) is 0 Å². The summed E-state index contributed by atoms with van der Waals surface area (Å²) in [5, 5.41) is 9.24. The highest BCUT2D eigenvalue weighted by Gasteiger charge is 2.28. The second-order valence-electron chi connectivity index (χ2n) is 7.73. The lowest BCUT2D eigenvalue weighted by Gasteiger charge is -2.11. The SMILES string of the molecule is CCCCCCCCC=CCCCCCCC(CC1CC1)C(=O)O. The molecule has 1 rings (SSSR count). The zero-order valence-corrected chi connectivity index (χ0v) is 16.0. The summed E-state index contributed by atoms with van der Waals surface area (Å²) in [4.78, 5) is 11.2. The predicted molar refractivity (Wildman–Crippen MR) is 103 cm³/mol. The van der Waals surface area contributed by atoms with Crippen LogP contribution in [-0.4, -0.2) is 11.1 Å². The van der Waals surface area contributed by atoms with E-state index in [0.29, 0.717) is 0 Å². The smallest absolute Gasteiger partial charge is 0.306 e. The standard InChI is InChI=1S/C22H40O2/c1-2-3-4-5-6-7-8-9-10-11-12-13-14-15-16-21(22(23)24)19-20-17-18-20/h9-10,20-21H,2-8,11-19H2,1H3,(H,23,24). The van der Waals surface area contributed by atoms with Gasteiger partial charge in [-0.3, -0.25) is 4.79 Å². The van der Waals surface area contributed by atoms with Gasteiger partial charge in [-0.25, -0.2) is 0 Å². The molecule has 1 saturated carbocycles. The number of unbranched alkanes of at least 4 members (excludes halogenated alkanes) is 10. The van der Waals surface area contributed by atoms with Crippen molar-refractivity contribution in [2.75, 3.05) is 0 Å². The molecule has 1 N–H and O–H groups in total. The molecule has 0 aliphatic heterocycles. The van der Waals surface area contributed by atoms with Crippen molar-refractivity contribution in [2.45, 2.75) is 110 Å². The number of carbonyl (C=O) groups is 1. The van der Waals surface area contributed by atoms with E-state index < -0.39 is 5.97 Å². The van der Waals surface area contributed by atoms with Gasteiger partial charge in [-0.15, -0.1) is 0 Å². The van der Waals surface area contributed by atoms with Gasteiger partial charge in [-0.2, -0.15) is 0 Å². The molecular weight excluding hydrogens is 296 g/mol. The monoisotopic (exact) mass is 336 g/mol. The molecule has 0 spiro atoms. The molecule has 1 atom stereocenters. The van der Waals surface area contributed by atoms with Crippen LogP contribution in [0.5, 0.6) is 0 Å². The van der Waals surface area contributed by atoms with Gasteiger partial charge in [-0.05, 0) is 44.4 Å². The van der Waals surface area contributed by atoms with Gasteiger partial charge in [0.25, 0.3) is 0 Å². The summed E-state index contributed by atoms with van der Waals surface area (Å²) < 4.78 is 0. The van der Waals surface area contributed by atoms with Crippen LogP contribution in [0.4, 0.5) is 0 Å². The number of carboxylic acids is 1. The molecule has 0 heterocycles. The fourth-order valence-electron chi connectivity index (χ4n) is 3.38. The maximum Gasteiger partial charge on any atom is 0.306 e. The first kappa shape index (κ1) is 21.3. The van der Waals surface area contributed by atoms with Crippen LogP contribution in [0.15, 0.2) is 12.2 Å². The van der Waals surface area contributed by atoms with Gasteiger partial charge >= 0.3 is 5.97 Å². The molecule has 0 aromatic rings. The Morgan fingerprint density at radius 3 is 2.00 bits per heavy atom. The second kappa shape index (κ2) is 14.5. The van der Waals surface area contributed by atoms with Crippen LogP contribution in [-0.2, 0) is 4.79 Å². The molecule has 0 aromatic heterocycles. The average molecular weight is 337 g/mol. The van der Waals surface area contributed by atoms with E-state index in [-0.39, 0.29) is 5.92 Å². The van der Waals surface area contributed by atoms with Crippen molar-refractivity contribution in [3.8, 4) is 0 Å². The minimum absolute atomic E-state index is 0.0743. The Hall–Kier alpha value is -0.790. The quantitative estimate of drug-likeness (QED) is 0.226. The lowest BCUT2D eigenvalue weighted by atomic mass is 9.95. The number of hydrogen-bond acceptors (Lipinski definition) is 1. The lowest BCUT2D eigenvalue weighted by Crippen LogP contribution is -2.14. The zero-order valence-electron chi connectivity index (χ0n) is 16.0. The molecule has 0 saturated heterocycles. The van der Waals surface area contributed by atoms with Gasteiger partial charge in [0.1, 0.15) is 0 Å². The van der Waals surface area contributed by atoms with E-state index in [0.717, 1.165) is 25.2 Å². The molecule has 2 heteroatoms. The maximum absolute atomic E-state index is 11.2. The number of allylic oxidation sites excluding steroid dienone is 2. The minimum Gasteiger partial charge on any atom is -0.481 e. The predicted octanol–water partition coefficient (Wildman–Crippen LogP) is 7.13. The Morgan fingerprint density at radius 2 is 1.46 bits per heavy atom. The van der Waals surface area contributed by atoms with Crippen LogP contribution >= 0.6 is 0 Å². The summed E-state index contributed by atoms with van der Waals surface area (Å²) >= 11 is 0. The van der Waals surface area contributed by atoms with Crippen molar-refractivity contribution in [1.82, 2.24) is 0 Å². The van der Waals surface area contributed by atoms with Gasteiger partial charge in [0.2, 0.25) is 0 Å². The third kappa shape index (κ3) is 12.6. The third-order valence-corrected chi connectivity index (χ3v) is 5.23. The van der Waals surface area contributed by atoms with Crippen LogP contribution in [0.1, 0.15) is 110 Å². The Morgan fingerprint density at radius 1 is 0.917 bits per heavy atom. The molecular formula is C22H40O2. The fourth-order valence-corrected chi connectivity index (χ4v) is 3.38. The molecule has 140 valence electrons. The summed E-state index contributed by atoms with van der Waals surface area (Å²) in [7, 11) is 0. The van der Waals surface area contributed by atoms with Crippen LogP contribution < -0.4 is 0 Å². The molecule has 0 amide bonds. The van der Waals surface area contributed by atoms with Crippen molar-refractivity contribution in [2.24, 2.45) is 11.8 Å². The van der Waals surface area contributed by atoms with Crippen molar-refractivity contribution in [1.29, 1.82) is 0 Å². The van der Waals surface area contributed by atoms with Crippen LogP contribution in [0, 0.1) is 11.8 Å². The molecule has 1 fully saturated rings. The Balaban J connectivity index is 1.83. The molecule has 1 aliphatic rings. The van der Waals surface area contributed by atoms with Gasteiger partial charge < -0.3 is 5.11 Å². The van der Waals surface area contributed by atoms with Gasteiger partial charge in [-0.1, -0.05) is 83.3 Å². The highest BCUT2D eigenvalue weighted by molar-refractivity contribution is 5.69. The molecule has 1 aliphatic carbocycles. The van der Waals surface area contributed by atoms with Gasteiger partial charge in [0.15, 0.2) is 0 Å². The van der Waals surface area contributed by atoms with Crippen LogP contribution in [0.2, 0.25) is 0 Å². The summed E-state index contributed by atoms with van der Waals surface area (Å²) in [5.74, 6) is 0.0807. The average Bonchev–Trinajstić information content (AvgIpc) is 3.38. The molecule has 0 radical (unpaired) electrons. The van der Waals surface area contributed by atoms with E-state index in [1.165, 1.54) is 83.5 Å². The van der Waals surface area contributed by atoms with Crippen molar-refractivity contribution in [3.63, 3.8) is 0 Å². The van der Waals surface area contributed by atoms with Gasteiger partial charge in [0, 0.05) is 0 Å². The van der Waals surface area contributed by atoms with E-state index >= 15 is 0 Å². The van der Waals surface area contributed by atoms with E-state index in [4.69, 9.17) is 0 Å². The van der Waals surface area contributed by atoms with E-state index in [9.17, 15) is 9.90 Å². The first-order valence-electron chi connectivity index (χ1n) is 10.6. The summed E-state index contributed by atoms with van der Waals surface area (Å²) in [6, 6.07) is 0. The molecule has 24 heavy (non-hydrogen) atoms. The third-order valence-electron chi connectivity index (χ3n) is 5.23. The number of rotatable bonds is 17. The number of aliphatic carboxylic acids is 1. The first-order valence-corrected chi connectivity index (χ1v) is 10.6. The highest BCUT2D eigenvalue weighted by Crippen LogP contribution is 2.36. The van der Waals surface area contributed by atoms with Crippen LogP contribution in [0.25, 0.3) is 0 Å². The summed E-state index contributed by atoms with van der Waals surface area (Å²) in [5.41, 5.74) is 0. The highest BCUT2D eigenvalue weighted by atomic mass is 16.4. The number of carboxylic acid groups (broad SMARTS) is 1. The van der Waals surface area contributed by atoms with Crippen molar-refractivity contribution < 1.29 is 9.90 Å². The first-order chi connectivity index (χ1) is 11.7. The normalized spacial score (nSPS) is 15.9. The zero-order chi connectivity index (χ0) is 17.5. The van der Waals surface area contributed by atoms with Crippen LogP contribution in [0.3, 0.4) is 0 Å². The minimum atomic E-state index is -0.570. The van der Waals surface area contributed by atoms with Crippen molar-refractivity contribution in [3.05, 3.63) is 12.2 Å². The molecule has 0 bridgehead atoms. The Kier molecular flexibility index (Phi) is 12.9. The largest absolute Gasteiger partial charge is 0.481 e.